The third-order valence-electron chi connectivity index (χ3n) is 4.01. The molecule has 4 nitrogen and oxygen atoms in total. The van der Waals surface area contributed by atoms with Crippen LogP contribution in [0.25, 0.3) is 0 Å². The Morgan fingerprint density at radius 1 is 1.21 bits per heavy atom. The predicted molar refractivity (Wildman–Crippen MR) is 101 cm³/mol. The lowest BCUT2D eigenvalue weighted by Gasteiger charge is -2.24. The average molecular weight is 343 g/mol. The van der Waals surface area contributed by atoms with Gasteiger partial charge in [-0.05, 0) is 36.3 Å². The van der Waals surface area contributed by atoms with Gasteiger partial charge >= 0.3 is 0 Å². The quantitative estimate of drug-likeness (QED) is 0.623. The molecule has 1 saturated heterocycles. The van der Waals surface area contributed by atoms with Crippen LogP contribution in [-0.4, -0.2) is 30.1 Å². The van der Waals surface area contributed by atoms with Gasteiger partial charge in [-0.25, -0.2) is 4.99 Å². The van der Waals surface area contributed by atoms with E-state index in [-0.39, 0.29) is 0 Å². The molecule has 0 amide bonds. The summed E-state index contributed by atoms with van der Waals surface area (Å²) in [6.45, 7) is 1.50. The van der Waals surface area contributed by atoms with Crippen LogP contribution >= 0.6 is 11.8 Å². The zero-order valence-corrected chi connectivity index (χ0v) is 14.7. The molecule has 1 aliphatic heterocycles. The molecule has 2 heterocycles. The normalized spacial score (nSPS) is 18.3. The monoisotopic (exact) mass is 343 g/mol. The van der Waals surface area contributed by atoms with Crippen molar-refractivity contribution in [3.8, 4) is 0 Å². The minimum Gasteiger partial charge on any atom is -0.469 e. The summed E-state index contributed by atoms with van der Waals surface area (Å²) in [6.07, 6.45) is 5.08. The van der Waals surface area contributed by atoms with Crippen molar-refractivity contribution in [3.05, 3.63) is 60.1 Å². The van der Waals surface area contributed by atoms with Crippen molar-refractivity contribution in [1.29, 1.82) is 0 Å². The first-order valence-electron chi connectivity index (χ1n) is 8.59. The van der Waals surface area contributed by atoms with Crippen molar-refractivity contribution in [2.75, 3.05) is 18.1 Å². The molecule has 1 aliphatic rings. The summed E-state index contributed by atoms with van der Waals surface area (Å²) >= 11 is 2.02. The summed E-state index contributed by atoms with van der Waals surface area (Å²) in [6, 6.07) is 14.8. The Morgan fingerprint density at radius 2 is 2.12 bits per heavy atom. The van der Waals surface area contributed by atoms with E-state index in [9.17, 15) is 0 Å². The molecule has 1 atom stereocenters. The molecule has 1 aromatic carbocycles. The summed E-state index contributed by atoms with van der Waals surface area (Å²) < 4.78 is 5.39. The van der Waals surface area contributed by atoms with Gasteiger partial charge in [0.05, 0.1) is 12.8 Å². The number of guanidine groups is 1. The first-order valence-corrected chi connectivity index (χ1v) is 9.74. The Kier molecular flexibility index (Phi) is 6.66. The van der Waals surface area contributed by atoms with E-state index in [2.05, 4.69) is 34.9 Å². The Balaban J connectivity index is 1.56. The van der Waals surface area contributed by atoms with Gasteiger partial charge in [0.25, 0.3) is 0 Å². The number of rotatable bonds is 6. The molecule has 24 heavy (non-hydrogen) atoms. The first-order chi connectivity index (χ1) is 11.9. The number of hydrogen-bond acceptors (Lipinski definition) is 3. The maximum atomic E-state index is 5.39. The summed E-state index contributed by atoms with van der Waals surface area (Å²) in [4.78, 5) is 4.76. The molecule has 0 bridgehead atoms. The van der Waals surface area contributed by atoms with Crippen LogP contribution in [-0.2, 0) is 13.0 Å². The molecule has 2 aromatic rings. The number of furan rings is 1. The second-order valence-electron chi connectivity index (χ2n) is 5.96. The summed E-state index contributed by atoms with van der Waals surface area (Å²) in [5, 5.41) is 7.04. The number of hydrogen-bond donors (Lipinski definition) is 2. The molecular weight excluding hydrogens is 318 g/mol. The highest BCUT2D eigenvalue weighted by Gasteiger charge is 2.15. The molecule has 3 rings (SSSR count). The van der Waals surface area contributed by atoms with Crippen LogP contribution in [0.4, 0.5) is 0 Å². The van der Waals surface area contributed by atoms with Crippen molar-refractivity contribution in [2.24, 2.45) is 4.99 Å². The van der Waals surface area contributed by atoms with Crippen LogP contribution in [0.15, 0.2) is 58.1 Å². The number of nitrogens with zero attached hydrogens (tertiary/aromatic N) is 1. The molecule has 0 aliphatic carbocycles. The smallest absolute Gasteiger partial charge is 0.191 e. The second-order valence-corrected chi connectivity index (χ2v) is 7.11. The largest absolute Gasteiger partial charge is 0.469 e. The molecule has 0 radical (unpaired) electrons. The Morgan fingerprint density at radius 3 is 2.88 bits per heavy atom. The van der Waals surface area contributed by atoms with Gasteiger partial charge in [-0.1, -0.05) is 30.3 Å². The van der Waals surface area contributed by atoms with Gasteiger partial charge in [0.1, 0.15) is 5.76 Å². The molecule has 5 heteroatoms. The van der Waals surface area contributed by atoms with Gasteiger partial charge in [-0.2, -0.15) is 11.8 Å². The highest BCUT2D eigenvalue weighted by molar-refractivity contribution is 7.99. The summed E-state index contributed by atoms with van der Waals surface area (Å²) in [5.74, 6) is 4.33. The number of thioether (sulfide) groups is 1. The first kappa shape index (κ1) is 17.0. The van der Waals surface area contributed by atoms with Gasteiger partial charge in [0.2, 0.25) is 0 Å². The van der Waals surface area contributed by atoms with E-state index in [1.807, 2.05) is 30.0 Å². The molecule has 1 fully saturated rings. The lowest BCUT2D eigenvalue weighted by atomic mass is 10.2. The van der Waals surface area contributed by atoms with Crippen molar-refractivity contribution in [3.63, 3.8) is 0 Å². The van der Waals surface area contributed by atoms with Gasteiger partial charge in [-0.15, -0.1) is 0 Å². The highest BCUT2D eigenvalue weighted by Crippen LogP contribution is 2.16. The van der Waals surface area contributed by atoms with Crippen molar-refractivity contribution in [1.82, 2.24) is 10.6 Å². The predicted octanol–water partition coefficient (Wildman–Crippen LogP) is 3.45. The van der Waals surface area contributed by atoms with E-state index in [1.165, 1.54) is 24.2 Å². The lowest BCUT2D eigenvalue weighted by Crippen LogP contribution is -2.46. The minimum atomic E-state index is 0.509. The van der Waals surface area contributed by atoms with E-state index < -0.39 is 0 Å². The molecule has 1 aromatic heterocycles. The molecule has 0 saturated carbocycles. The Hall–Kier alpha value is -1.88. The van der Waals surface area contributed by atoms with Gasteiger partial charge < -0.3 is 15.1 Å². The van der Waals surface area contributed by atoms with E-state index in [0.717, 1.165) is 30.4 Å². The van der Waals surface area contributed by atoms with Crippen molar-refractivity contribution < 1.29 is 4.42 Å². The van der Waals surface area contributed by atoms with Crippen molar-refractivity contribution in [2.45, 2.75) is 31.8 Å². The Labute approximate surface area is 148 Å². The second kappa shape index (κ2) is 9.42. The maximum Gasteiger partial charge on any atom is 0.191 e. The van der Waals surface area contributed by atoms with Crippen LogP contribution in [0, 0.1) is 0 Å². The van der Waals surface area contributed by atoms with Gasteiger partial charge in [0.15, 0.2) is 5.96 Å². The number of benzene rings is 1. The van der Waals surface area contributed by atoms with Crippen LogP contribution in [0.5, 0.6) is 0 Å². The highest BCUT2D eigenvalue weighted by atomic mass is 32.2. The van der Waals surface area contributed by atoms with Gasteiger partial charge in [-0.3, -0.25) is 0 Å². The maximum absolute atomic E-state index is 5.39. The van der Waals surface area contributed by atoms with E-state index in [0.29, 0.717) is 12.6 Å². The molecule has 2 N–H and O–H groups in total. The fourth-order valence-corrected chi connectivity index (χ4v) is 3.79. The molecule has 128 valence electrons. The topological polar surface area (TPSA) is 49.6 Å². The van der Waals surface area contributed by atoms with Gasteiger partial charge in [0, 0.05) is 24.8 Å². The standard InChI is InChI=1S/C19H25N3OS/c1-2-6-16(7-3-1)14-21-19(22-17-8-5-13-24-15-17)20-11-10-18-9-4-12-23-18/h1-4,6-7,9,12,17H,5,8,10-11,13-15H2,(H2,20,21,22). The summed E-state index contributed by atoms with van der Waals surface area (Å²) in [5.41, 5.74) is 1.22. The molecule has 0 spiro atoms. The Bertz CT molecular complexity index is 607. The number of nitrogens with one attached hydrogen (secondary N) is 2. The zero-order chi connectivity index (χ0) is 16.5. The third kappa shape index (κ3) is 5.64. The molecule has 1 unspecified atom stereocenters. The van der Waals surface area contributed by atoms with E-state index in [4.69, 9.17) is 9.41 Å². The van der Waals surface area contributed by atoms with E-state index in [1.54, 1.807) is 6.26 Å². The third-order valence-corrected chi connectivity index (χ3v) is 5.22. The van der Waals surface area contributed by atoms with Crippen molar-refractivity contribution >= 4 is 17.7 Å². The zero-order valence-electron chi connectivity index (χ0n) is 13.9. The van der Waals surface area contributed by atoms with Crippen LogP contribution in [0.2, 0.25) is 0 Å². The molecular formula is C19H25N3OS. The summed E-state index contributed by atoms with van der Waals surface area (Å²) in [7, 11) is 0. The van der Waals surface area contributed by atoms with Crippen LogP contribution < -0.4 is 10.6 Å². The minimum absolute atomic E-state index is 0.509. The SMILES string of the molecule is c1ccc(CN=C(NCCc2ccco2)NC2CCCSC2)cc1. The van der Waals surface area contributed by atoms with E-state index >= 15 is 0 Å². The average Bonchev–Trinajstić information content (AvgIpc) is 3.15. The number of aliphatic imine (C=N–C) groups is 1. The fourth-order valence-electron chi connectivity index (χ4n) is 2.71. The van der Waals surface area contributed by atoms with Crippen LogP contribution in [0.1, 0.15) is 24.2 Å². The van der Waals surface area contributed by atoms with Crippen LogP contribution in [0.3, 0.4) is 0 Å². The lowest BCUT2D eigenvalue weighted by molar-refractivity contribution is 0.505. The fraction of sp³-hybridized carbons (Fsp3) is 0.421.